The summed E-state index contributed by atoms with van der Waals surface area (Å²) in [5.74, 6) is 0. The van der Waals surface area contributed by atoms with Gasteiger partial charge in [0, 0.05) is 0 Å². The number of hydrogen-bond donors (Lipinski definition) is 1. The molecule has 0 aliphatic rings. The van der Waals surface area contributed by atoms with Crippen LogP contribution in [0.4, 0.5) is 0 Å². The molecule has 0 unspecified atom stereocenters. The molecule has 0 spiro atoms. The molecule has 1 aromatic carbocycles. The Bertz CT molecular complexity index is 480. The predicted molar refractivity (Wildman–Crippen MR) is 82.3 cm³/mol. The summed E-state index contributed by atoms with van der Waals surface area (Å²) in [6.45, 7) is 2.21. The highest BCUT2D eigenvalue weighted by molar-refractivity contribution is 7.85. The van der Waals surface area contributed by atoms with Gasteiger partial charge in [-0.2, -0.15) is 8.42 Å². The molecule has 1 N–H and O–H groups in total. The van der Waals surface area contributed by atoms with Gasteiger partial charge in [-0.3, -0.25) is 4.55 Å². The lowest BCUT2D eigenvalue weighted by atomic mass is 10.0. The third-order valence-electron chi connectivity index (χ3n) is 3.37. The maximum atomic E-state index is 11.2. The molecular formula is C16H25O3S. The van der Waals surface area contributed by atoms with E-state index in [1.54, 1.807) is 18.2 Å². The van der Waals surface area contributed by atoms with Crippen LogP contribution >= 0.6 is 0 Å². The van der Waals surface area contributed by atoms with Gasteiger partial charge in [-0.15, -0.1) is 0 Å². The van der Waals surface area contributed by atoms with Crippen molar-refractivity contribution in [3.8, 4) is 0 Å². The van der Waals surface area contributed by atoms with E-state index in [1.165, 1.54) is 44.6 Å². The predicted octanol–water partition coefficient (Wildman–Crippen LogP) is 4.63. The van der Waals surface area contributed by atoms with Crippen LogP contribution in [0.1, 0.15) is 63.9 Å². The molecule has 4 heteroatoms. The molecule has 0 saturated carbocycles. The molecule has 3 nitrogen and oxygen atoms in total. The molecule has 0 aliphatic carbocycles. The third-order valence-corrected chi connectivity index (χ3v) is 4.30. The Labute approximate surface area is 123 Å². The quantitative estimate of drug-likeness (QED) is 0.506. The zero-order chi connectivity index (χ0) is 14.8. The van der Waals surface area contributed by atoms with Gasteiger partial charge >= 0.3 is 0 Å². The third kappa shape index (κ3) is 6.53. The minimum Gasteiger partial charge on any atom is -0.282 e. The fourth-order valence-electron chi connectivity index (χ4n) is 2.24. The first-order chi connectivity index (χ1) is 9.55. The van der Waals surface area contributed by atoms with E-state index in [-0.39, 0.29) is 4.90 Å². The van der Waals surface area contributed by atoms with Crippen molar-refractivity contribution in [1.29, 1.82) is 0 Å². The van der Waals surface area contributed by atoms with Gasteiger partial charge in [-0.05, 0) is 24.5 Å². The molecule has 1 aromatic rings. The zero-order valence-corrected chi connectivity index (χ0v) is 13.0. The Balaban J connectivity index is 2.29. The summed E-state index contributed by atoms with van der Waals surface area (Å²) in [4.78, 5) is 0.00273. The Kier molecular flexibility index (Phi) is 7.85. The van der Waals surface area contributed by atoms with E-state index in [1.807, 2.05) is 6.42 Å². The van der Waals surface area contributed by atoms with Crippen molar-refractivity contribution in [2.75, 3.05) is 0 Å². The normalized spacial score (nSPS) is 11.7. The highest BCUT2D eigenvalue weighted by Crippen LogP contribution is 2.19. The van der Waals surface area contributed by atoms with Crippen LogP contribution in [-0.2, 0) is 10.1 Å². The summed E-state index contributed by atoms with van der Waals surface area (Å²) in [6.07, 6.45) is 11.4. The van der Waals surface area contributed by atoms with Crippen molar-refractivity contribution in [1.82, 2.24) is 0 Å². The minimum absolute atomic E-state index is 0.00273. The lowest BCUT2D eigenvalue weighted by Gasteiger charge is -2.06. The van der Waals surface area contributed by atoms with Crippen LogP contribution in [0.5, 0.6) is 0 Å². The lowest BCUT2D eigenvalue weighted by molar-refractivity contribution is 0.482. The van der Waals surface area contributed by atoms with Crippen LogP contribution in [0.15, 0.2) is 29.2 Å². The first-order valence-electron chi connectivity index (χ1n) is 7.45. The summed E-state index contributed by atoms with van der Waals surface area (Å²) in [7, 11) is -4.12. The molecule has 0 fully saturated rings. The molecule has 0 atom stereocenters. The van der Waals surface area contributed by atoms with Crippen LogP contribution < -0.4 is 0 Å². The monoisotopic (exact) mass is 297 g/mol. The number of rotatable bonds is 10. The van der Waals surface area contributed by atoms with Gasteiger partial charge in [0.1, 0.15) is 0 Å². The van der Waals surface area contributed by atoms with Gasteiger partial charge in [0.15, 0.2) is 0 Å². The summed E-state index contributed by atoms with van der Waals surface area (Å²) >= 11 is 0. The molecule has 0 heterocycles. The van der Waals surface area contributed by atoms with E-state index in [0.717, 1.165) is 12.8 Å². The standard InChI is InChI=1S/C16H25O3S/c1-2-3-4-5-6-7-8-9-12-15-13-10-11-14-16(15)20(17,18)19/h10-14H,2-9H2,1H3,(H,17,18,19). The van der Waals surface area contributed by atoms with Crippen LogP contribution in [0.3, 0.4) is 0 Å². The van der Waals surface area contributed by atoms with E-state index in [2.05, 4.69) is 6.92 Å². The average molecular weight is 297 g/mol. The fourth-order valence-corrected chi connectivity index (χ4v) is 2.94. The van der Waals surface area contributed by atoms with Gasteiger partial charge in [0.25, 0.3) is 10.1 Å². The average Bonchev–Trinajstić information content (AvgIpc) is 2.41. The van der Waals surface area contributed by atoms with Gasteiger partial charge in [0.05, 0.1) is 4.90 Å². The van der Waals surface area contributed by atoms with E-state index in [4.69, 9.17) is 4.55 Å². The number of hydrogen-bond acceptors (Lipinski definition) is 2. The molecule has 1 radical (unpaired) electrons. The van der Waals surface area contributed by atoms with Crippen molar-refractivity contribution in [3.05, 3.63) is 36.2 Å². The molecule has 113 valence electrons. The molecule has 0 bridgehead atoms. The Hall–Kier alpha value is -0.870. The molecule has 0 saturated heterocycles. The van der Waals surface area contributed by atoms with E-state index in [0.29, 0.717) is 5.56 Å². The second kappa shape index (κ2) is 9.14. The maximum Gasteiger partial charge on any atom is 0.294 e. The van der Waals surface area contributed by atoms with E-state index in [9.17, 15) is 8.42 Å². The first-order valence-corrected chi connectivity index (χ1v) is 8.89. The van der Waals surface area contributed by atoms with Crippen molar-refractivity contribution in [2.45, 2.75) is 63.2 Å². The maximum absolute atomic E-state index is 11.2. The van der Waals surface area contributed by atoms with Crippen LogP contribution in [0.25, 0.3) is 0 Å². The first kappa shape index (κ1) is 17.2. The van der Waals surface area contributed by atoms with Crippen LogP contribution in [0, 0.1) is 6.42 Å². The fraction of sp³-hybridized carbons (Fsp3) is 0.562. The second-order valence-corrected chi connectivity index (χ2v) is 6.52. The highest BCUT2D eigenvalue weighted by Gasteiger charge is 2.13. The largest absolute Gasteiger partial charge is 0.294 e. The number of unbranched alkanes of at least 4 members (excludes halogenated alkanes) is 7. The van der Waals surface area contributed by atoms with Gasteiger partial charge < -0.3 is 0 Å². The Morgan fingerprint density at radius 1 is 1.00 bits per heavy atom. The second-order valence-electron chi connectivity index (χ2n) is 5.13. The van der Waals surface area contributed by atoms with Crippen LogP contribution in [-0.4, -0.2) is 13.0 Å². The minimum atomic E-state index is -4.12. The number of benzene rings is 1. The summed E-state index contributed by atoms with van der Waals surface area (Å²) in [5.41, 5.74) is 0.598. The zero-order valence-electron chi connectivity index (χ0n) is 12.2. The van der Waals surface area contributed by atoms with Crippen LogP contribution in [0.2, 0.25) is 0 Å². The van der Waals surface area contributed by atoms with Crippen molar-refractivity contribution in [3.63, 3.8) is 0 Å². The van der Waals surface area contributed by atoms with E-state index >= 15 is 0 Å². The lowest BCUT2D eigenvalue weighted by Crippen LogP contribution is -2.02. The molecule has 0 aromatic heterocycles. The Morgan fingerprint density at radius 2 is 1.60 bits per heavy atom. The molecule has 0 aliphatic heterocycles. The summed E-state index contributed by atoms with van der Waals surface area (Å²) < 4.78 is 31.6. The molecule has 0 amide bonds. The van der Waals surface area contributed by atoms with E-state index < -0.39 is 10.1 Å². The van der Waals surface area contributed by atoms with Crippen molar-refractivity contribution < 1.29 is 13.0 Å². The topological polar surface area (TPSA) is 54.4 Å². The van der Waals surface area contributed by atoms with Crippen molar-refractivity contribution >= 4 is 10.1 Å². The van der Waals surface area contributed by atoms with Gasteiger partial charge in [-0.25, -0.2) is 0 Å². The SMILES string of the molecule is CCCCCCCCC[CH]c1ccccc1S(=O)(=O)O. The molecule has 1 rings (SSSR count). The highest BCUT2D eigenvalue weighted by atomic mass is 32.2. The summed E-state index contributed by atoms with van der Waals surface area (Å²) in [5, 5.41) is 0. The van der Waals surface area contributed by atoms with Gasteiger partial charge in [0.2, 0.25) is 0 Å². The summed E-state index contributed by atoms with van der Waals surface area (Å²) in [6, 6.07) is 6.57. The van der Waals surface area contributed by atoms with Crippen molar-refractivity contribution in [2.24, 2.45) is 0 Å². The Morgan fingerprint density at radius 3 is 2.25 bits per heavy atom. The van der Waals surface area contributed by atoms with Gasteiger partial charge in [-0.1, -0.05) is 70.1 Å². The molecular weight excluding hydrogens is 272 g/mol. The smallest absolute Gasteiger partial charge is 0.282 e. The molecule has 20 heavy (non-hydrogen) atoms.